The number of aromatic carboxylic acids is 1. The van der Waals surface area contributed by atoms with Crippen LogP contribution in [0.15, 0.2) is 46.0 Å². The highest BCUT2D eigenvalue weighted by Gasteiger charge is 2.14. The van der Waals surface area contributed by atoms with E-state index < -0.39 is 5.97 Å². The number of carboxylic acids is 1. The standard InChI is InChI=1S/C24H29N3O5S/c1-15(2)18-13-22(26-24(25-18)33-14-17-7-9-20(32-17)23(28)29)27(3)11-10-16-6-8-19(30-4)21(12-16)31-5/h6-9,12-13,15H,10-11,14H2,1-5H3,(H,28,29). The molecule has 0 aliphatic heterocycles. The molecule has 2 aromatic heterocycles. The minimum Gasteiger partial charge on any atom is -0.493 e. The van der Waals surface area contributed by atoms with Gasteiger partial charge in [0.25, 0.3) is 0 Å². The summed E-state index contributed by atoms with van der Waals surface area (Å²) in [5.41, 5.74) is 2.09. The number of furan rings is 1. The molecule has 0 unspecified atom stereocenters. The summed E-state index contributed by atoms with van der Waals surface area (Å²) in [6.07, 6.45) is 0.810. The molecule has 0 amide bonds. The van der Waals surface area contributed by atoms with Crippen molar-refractivity contribution in [1.82, 2.24) is 9.97 Å². The van der Waals surface area contributed by atoms with E-state index in [0.29, 0.717) is 28.2 Å². The Hall–Kier alpha value is -3.20. The number of likely N-dealkylation sites (N-methyl/N-ethyl adjacent to an activating group) is 1. The normalized spacial score (nSPS) is 11.0. The zero-order chi connectivity index (χ0) is 24.0. The van der Waals surface area contributed by atoms with Crippen molar-refractivity contribution in [3.05, 3.63) is 59.2 Å². The number of anilines is 1. The van der Waals surface area contributed by atoms with Crippen LogP contribution in [0.5, 0.6) is 11.5 Å². The van der Waals surface area contributed by atoms with Gasteiger partial charge in [0.15, 0.2) is 16.7 Å². The third-order valence-corrected chi connectivity index (χ3v) is 5.96. The van der Waals surface area contributed by atoms with Gasteiger partial charge in [0.2, 0.25) is 5.76 Å². The lowest BCUT2D eigenvalue weighted by Crippen LogP contribution is -2.22. The van der Waals surface area contributed by atoms with E-state index in [9.17, 15) is 4.79 Å². The summed E-state index contributed by atoms with van der Waals surface area (Å²) in [5.74, 6) is 2.36. The van der Waals surface area contributed by atoms with E-state index in [-0.39, 0.29) is 11.7 Å². The van der Waals surface area contributed by atoms with E-state index in [4.69, 9.17) is 24.0 Å². The number of carbonyl (C=O) groups is 1. The van der Waals surface area contributed by atoms with Crippen LogP contribution < -0.4 is 14.4 Å². The van der Waals surface area contributed by atoms with Crippen molar-refractivity contribution in [3.63, 3.8) is 0 Å². The quantitative estimate of drug-likeness (QED) is 0.310. The summed E-state index contributed by atoms with van der Waals surface area (Å²) >= 11 is 1.42. The Labute approximate surface area is 197 Å². The van der Waals surface area contributed by atoms with Gasteiger partial charge in [-0.1, -0.05) is 31.7 Å². The maximum atomic E-state index is 11.0. The Bertz CT molecular complexity index is 1100. The van der Waals surface area contributed by atoms with Gasteiger partial charge in [-0.25, -0.2) is 14.8 Å². The highest BCUT2D eigenvalue weighted by atomic mass is 32.2. The number of thioether (sulfide) groups is 1. The molecule has 1 N–H and O–H groups in total. The zero-order valence-electron chi connectivity index (χ0n) is 19.5. The van der Waals surface area contributed by atoms with Gasteiger partial charge in [0, 0.05) is 25.4 Å². The molecule has 0 saturated carbocycles. The molecule has 0 bridgehead atoms. The smallest absolute Gasteiger partial charge is 0.371 e. The average Bonchev–Trinajstić information content (AvgIpc) is 3.30. The molecule has 0 aliphatic carbocycles. The molecule has 0 saturated heterocycles. The molecule has 176 valence electrons. The first-order chi connectivity index (χ1) is 15.8. The summed E-state index contributed by atoms with van der Waals surface area (Å²) in [6.45, 7) is 4.94. The third kappa shape index (κ3) is 6.41. The summed E-state index contributed by atoms with van der Waals surface area (Å²) in [6, 6.07) is 11.1. The maximum Gasteiger partial charge on any atom is 0.371 e. The van der Waals surface area contributed by atoms with E-state index >= 15 is 0 Å². The first kappa shape index (κ1) is 24.4. The van der Waals surface area contributed by atoms with Gasteiger partial charge in [-0.3, -0.25) is 0 Å². The molecule has 1 aromatic carbocycles. The molecular formula is C24H29N3O5S. The van der Waals surface area contributed by atoms with Crippen molar-refractivity contribution in [2.45, 2.75) is 37.1 Å². The molecule has 8 nitrogen and oxygen atoms in total. The predicted molar refractivity (Wildman–Crippen MR) is 128 cm³/mol. The van der Waals surface area contributed by atoms with Crippen LogP contribution in [0.4, 0.5) is 5.82 Å². The van der Waals surface area contributed by atoms with E-state index in [1.54, 1.807) is 20.3 Å². The fourth-order valence-corrected chi connectivity index (χ4v) is 3.89. The van der Waals surface area contributed by atoms with Gasteiger partial charge < -0.3 is 23.9 Å². The van der Waals surface area contributed by atoms with Crippen LogP contribution in [0.2, 0.25) is 0 Å². The molecule has 3 rings (SSSR count). The molecule has 3 aromatic rings. The Balaban J connectivity index is 1.71. The number of carboxylic acid groups (broad SMARTS) is 1. The van der Waals surface area contributed by atoms with Gasteiger partial charge in [-0.05, 0) is 42.2 Å². The molecule has 0 fully saturated rings. The van der Waals surface area contributed by atoms with Gasteiger partial charge >= 0.3 is 5.97 Å². The molecular weight excluding hydrogens is 442 g/mol. The number of methoxy groups -OCH3 is 2. The minimum absolute atomic E-state index is 0.0713. The van der Waals surface area contributed by atoms with E-state index in [1.807, 2.05) is 31.3 Å². The van der Waals surface area contributed by atoms with Crippen molar-refractivity contribution in [2.24, 2.45) is 0 Å². The predicted octanol–water partition coefficient (Wildman–Crippen LogP) is 4.88. The Kier molecular flexibility index (Phi) is 8.21. The van der Waals surface area contributed by atoms with Crippen LogP contribution >= 0.6 is 11.8 Å². The largest absolute Gasteiger partial charge is 0.493 e. The monoisotopic (exact) mass is 471 g/mol. The lowest BCUT2D eigenvalue weighted by atomic mass is 10.1. The van der Waals surface area contributed by atoms with Crippen molar-refractivity contribution in [1.29, 1.82) is 0 Å². The molecule has 0 radical (unpaired) electrons. The average molecular weight is 472 g/mol. The van der Waals surface area contributed by atoms with E-state index in [2.05, 4.69) is 23.7 Å². The van der Waals surface area contributed by atoms with Gasteiger partial charge in [-0.15, -0.1) is 0 Å². The Morgan fingerprint density at radius 3 is 2.52 bits per heavy atom. The van der Waals surface area contributed by atoms with E-state index in [1.165, 1.54) is 17.8 Å². The SMILES string of the molecule is COc1ccc(CCN(C)c2cc(C(C)C)nc(SCc3ccc(C(=O)O)o3)n2)cc1OC. The Morgan fingerprint density at radius 2 is 1.88 bits per heavy atom. The van der Waals surface area contributed by atoms with Crippen molar-refractivity contribution in [3.8, 4) is 11.5 Å². The summed E-state index contributed by atoms with van der Waals surface area (Å²) < 4.78 is 16.1. The number of hydrogen-bond donors (Lipinski definition) is 1. The van der Waals surface area contributed by atoms with Gasteiger partial charge in [0.1, 0.15) is 11.6 Å². The topological polar surface area (TPSA) is 97.9 Å². The van der Waals surface area contributed by atoms with Gasteiger partial charge in [-0.2, -0.15) is 0 Å². The highest BCUT2D eigenvalue weighted by molar-refractivity contribution is 7.98. The molecule has 33 heavy (non-hydrogen) atoms. The van der Waals surface area contributed by atoms with Crippen LogP contribution in [-0.2, 0) is 12.2 Å². The lowest BCUT2D eigenvalue weighted by molar-refractivity contribution is 0.0661. The number of ether oxygens (including phenoxy) is 2. The highest BCUT2D eigenvalue weighted by Crippen LogP contribution is 2.29. The first-order valence-electron chi connectivity index (χ1n) is 10.6. The van der Waals surface area contributed by atoms with Crippen LogP contribution in [-0.4, -0.2) is 48.9 Å². The molecule has 2 heterocycles. The minimum atomic E-state index is -1.08. The van der Waals surface area contributed by atoms with Crippen LogP contribution in [0.25, 0.3) is 0 Å². The molecule has 0 spiro atoms. The fraction of sp³-hybridized carbons (Fsp3) is 0.375. The van der Waals surface area contributed by atoms with Crippen LogP contribution in [0.1, 0.15) is 47.3 Å². The summed E-state index contributed by atoms with van der Waals surface area (Å²) in [4.78, 5) is 22.5. The molecule has 0 aliphatic rings. The molecule has 9 heteroatoms. The Morgan fingerprint density at radius 1 is 1.12 bits per heavy atom. The summed E-state index contributed by atoms with van der Waals surface area (Å²) in [7, 11) is 5.26. The second-order valence-electron chi connectivity index (χ2n) is 7.81. The second-order valence-corrected chi connectivity index (χ2v) is 8.75. The third-order valence-electron chi connectivity index (χ3n) is 5.09. The van der Waals surface area contributed by atoms with Crippen LogP contribution in [0.3, 0.4) is 0 Å². The number of benzene rings is 1. The lowest BCUT2D eigenvalue weighted by Gasteiger charge is -2.20. The number of rotatable bonds is 11. The van der Waals surface area contributed by atoms with E-state index in [0.717, 1.165) is 30.0 Å². The van der Waals surface area contributed by atoms with Crippen LogP contribution in [0, 0.1) is 0 Å². The number of aromatic nitrogens is 2. The number of hydrogen-bond acceptors (Lipinski definition) is 8. The van der Waals surface area contributed by atoms with Crippen molar-refractivity contribution in [2.75, 3.05) is 32.7 Å². The molecule has 0 atom stereocenters. The maximum absolute atomic E-state index is 11.0. The zero-order valence-corrected chi connectivity index (χ0v) is 20.3. The first-order valence-corrected chi connectivity index (χ1v) is 11.5. The van der Waals surface area contributed by atoms with Crippen molar-refractivity contribution < 1.29 is 23.8 Å². The van der Waals surface area contributed by atoms with Crippen molar-refractivity contribution >= 4 is 23.5 Å². The fourth-order valence-electron chi connectivity index (χ4n) is 3.14. The number of nitrogens with zero attached hydrogens (tertiary/aromatic N) is 3. The summed E-state index contributed by atoms with van der Waals surface area (Å²) in [5, 5.41) is 9.65. The second kappa shape index (κ2) is 11.1. The van der Waals surface area contributed by atoms with Gasteiger partial charge in [0.05, 0.1) is 20.0 Å².